The van der Waals surface area contributed by atoms with Crippen molar-refractivity contribution in [1.29, 1.82) is 0 Å². The van der Waals surface area contributed by atoms with Crippen LogP contribution < -0.4 is 0 Å². The fraction of sp³-hybridized carbons (Fsp3) is 0.235. The monoisotopic (exact) mass is 421 g/mol. The van der Waals surface area contributed by atoms with E-state index < -0.39 is 11.7 Å². The molecule has 150 valence electrons. The number of tetrazole rings is 1. The molecule has 0 aliphatic carbocycles. The molecule has 8 nitrogen and oxygen atoms in total. The quantitative estimate of drug-likeness (QED) is 0.454. The molecule has 0 aliphatic rings. The average molecular weight is 421 g/mol. The van der Waals surface area contributed by atoms with Gasteiger partial charge in [-0.2, -0.15) is 17.9 Å². The van der Waals surface area contributed by atoms with Crippen LogP contribution in [0.5, 0.6) is 0 Å². The van der Waals surface area contributed by atoms with E-state index in [1.165, 1.54) is 28.6 Å². The third-order valence-electron chi connectivity index (χ3n) is 4.24. The zero-order chi connectivity index (χ0) is 20.6. The van der Waals surface area contributed by atoms with Crippen LogP contribution in [0.3, 0.4) is 0 Å². The van der Waals surface area contributed by atoms with Crippen molar-refractivity contribution in [3.05, 3.63) is 53.7 Å². The van der Waals surface area contributed by atoms with Gasteiger partial charge in [0.05, 0.1) is 28.8 Å². The molecule has 0 aliphatic heterocycles. The lowest BCUT2D eigenvalue weighted by atomic mass is 10.2. The molecular formula is C17H14F3N7OS. The summed E-state index contributed by atoms with van der Waals surface area (Å²) in [5.41, 5.74) is 0.555. The second-order valence-electron chi connectivity index (χ2n) is 6.10. The van der Waals surface area contributed by atoms with Crippen LogP contribution in [0.25, 0.3) is 17.1 Å². The molecule has 0 spiro atoms. The van der Waals surface area contributed by atoms with Crippen LogP contribution >= 0.6 is 11.8 Å². The minimum Gasteiger partial charge on any atom is -0.469 e. The normalized spacial score (nSPS) is 11.9. The van der Waals surface area contributed by atoms with Crippen LogP contribution in [0.2, 0.25) is 0 Å². The van der Waals surface area contributed by atoms with Gasteiger partial charge in [-0.1, -0.05) is 11.8 Å². The third-order valence-corrected chi connectivity index (χ3v) is 5.25. The first kappa shape index (κ1) is 19.2. The summed E-state index contributed by atoms with van der Waals surface area (Å²) >= 11 is 1.36. The van der Waals surface area contributed by atoms with E-state index in [1.807, 2.05) is 24.6 Å². The lowest BCUT2D eigenvalue weighted by Gasteiger charge is -2.08. The second-order valence-corrected chi connectivity index (χ2v) is 7.04. The van der Waals surface area contributed by atoms with Gasteiger partial charge in [-0.25, -0.2) is 0 Å². The van der Waals surface area contributed by atoms with E-state index in [2.05, 4.69) is 25.7 Å². The van der Waals surface area contributed by atoms with Crippen LogP contribution in [0, 0.1) is 6.92 Å². The van der Waals surface area contributed by atoms with Gasteiger partial charge < -0.3 is 8.98 Å². The number of halogens is 3. The number of thioether (sulfide) groups is 1. The van der Waals surface area contributed by atoms with Crippen molar-refractivity contribution in [3.63, 3.8) is 0 Å². The smallest absolute Gasteiger partial charge is 0.416 e. The Morgan fingerprint density at radius 1 is 1.07 bits per heavy atom. The van der Waals surface area contributed by atoms with E-state index in [4.69, 9.17) is 4.42 Å². The molecule has 0 radical (unpaired) electrons. The predicted molar refractivity (Wildman–Crippen MR) is 97.2 cm³/mol. The SMILES string of the molecule is Cc1occc1-c1nnc(SCc2nnnn2-c2ccc(C(F)(F)F)cc2)n1C. The van der Waals surface area contributed by atoms with E-state index in [-0.39, 0.29) is 0 Å². The fourth-order valence-corrected chi connectivity index (χ4v) is 3.53. The number of hydrogen-bond acceptors (Lipinski definition) is 7. The lowest BCUT2D eigenvalue weighted by molar-refractivity contribution is -0.137. The highest BCUT2D eigenvalue weighted by atomic mass is 32.2. The highest BCUT2D eigenvalue weighted by molar-refractivity contribution is 7.98. The Kier molecular flexibility index (Phi) is 4.86. The van der Waals surface area contributed by atoms with Crippen molar-refractivity contribution >= 4 is 11.8 Å². The molecule has 0 atom stereocenters. The van der Waals surface area contributed by atoms with Crippen molar-refractivity contribution in [2.24, 2.45) is 7.05 Å². The Bertz CT molecular complexity index is 1130. The first-order valence-electron chi connectivity index (χ1n) is 8.36. The summed E-state index contributed by atoms with van der Waals surface area (Å²) < 4.78 is 46.8. The molecule has 1 aromatic carbocycles. The van der Waals surface area contributed by atoms with Crippen LogP contribution in [0.4, 0.5) is 13.2 Å². The van der Waals surface area contributed by atoms with Gasteiger partial charge in [-0.3, -0.25) is 0 Å². The largest absolute Gasteiger partial charge is 0.469 e. The molecule has 3 heterocycles. The summed E-state index contributed by atoms with van der Waals surface area (Å²) in [6.07, 6.45) is -2.81. The molecule has 4 rings (SSSR count). The number of aromatic nitrogens is 7. The van der Waals surface area contributed by atoms with Crippen LogP contribution in [0.15, 0.2) is 46.2 Å². The van der Waals surface area contributed by atoms with E-state index in [0.29, 0.717) is 28.2 Å². The Morgan fingerprint density at radius 3 is 2.48 bits per heavy atom. The number of nitrogens with zero attached hydrogens (tertiary/aromatic N) is 7. The average Bonchev–Trinajstić information content (AvgIpc) is 3.40. The Hall–Kier alpha value is -3.15. The second kappa shape index (κ2) is 7.35. The van der Waals surface area contributed by atoms with E-state index in [9.17, 15) is 13.2 Å². The Morgan fingerprint density at radius 2 is 1.83 bits per heavy atom. The Balaban J connectivity index is 1.52. The molecule has 29 heavy (non-hydrogen) atoms. The lowest BCUT2D eigenvalue weighted by Crippen LogP contribution is -2.06. The predicted octanol–water partition coefficient (Wildman–Crippen LogP) is 3.67. The summed E-state index contributed by atoms with van der Waals surface area (Å²) in [7, 11) is 1.84. The van der Waals surface area contributed by atoms with Gasteiger partial charge in [0, 0.05) is 7.05 Å². The summed E-state index contributed by atoms with van der Waals surface area (Å²) in [6.45, 7) is 1.84. The van der Waals surface area contributed by atoms with Crippen molar-refractivity contribution in [2.75, 3.05) is 0 Å². The van der Waals surface area contributed by atoms with Crippen molar-refractivity contribution < 1.29 is 17.6 Å². The van der Waals surface area contributed by atoms with Crippen LogP contribution in [-0.2, 0) is 19.0 Å². The summed E-state index contributed by atoms with van der Waals surface area (Å²) in [5.74, 6) is 2.23. The zero-order valence-corrected chi connectivity index (χ0v) is 16.1. The summed E-state index contributed by atoms with van der Waals surface area (Å²) in [6, 6.07) is 6.47. The van der Waals surface area contributed by atoms with E-state index in [1.54, 1.807) is 6.26 Å². The van der Waals surface area contributed by atoms with Gasteiger partial charge in [0.1, 0.15) is 5.76 Å². The van der Waals surface area contributed by atoms with Crippen LogP contribution in [-0.4, -0.2) is 35.0 Å². The molecule has 0 unspecified atom stereocenters. The van der Waals surface area contributed by atoms with Crippen molar-refractivity contribution in [3.8, 4) is 17.1 Å². The first-order chi connectivity index (χ1) is 13.8. The van der Waals surface area contributed by atoms with Gasteiger partial charge in [0.25, 0.3) is 0 Å². The van der Waals surface area contributed by atoms with Gasteiger partial charge in [-0.15, -0.1) is 15.3 Å². The van der Waals surface area contributed by atoms with Gasteiger partial charge >= 0.3 is 6.18 Å². The van der Waals surface area contributed by atoms with E-state index >= 15 is 0 Å². The summed E-state index contributed by atoms with van der Waals surface area (Å²) in [4.78, 5) is 0. The van der Waals surface area contributed by atoms with E-state index in [0.717, 1.165) is 23.5 Å². The van der Waals surface area contributed by atoms with Crippen LogP contribution in [0.1, 0.15) is 17.1 Å². The Labute approximate surface area is 166 Å². The summed E-state index contributed by atoms with van der Waals surface area (Å²) in [5, 5.41) is 20.5. The molecule has 0 saturated carbocycles. The molecule has 12 heteroatoms. The molecule has 3 aromatic heterocycles. The minimum atomic E-state index is -4.39. The van der Waals surface area contributed by atoms with Gasteiger partial charge in [0.15, 0.2) is 16.8 Å². The molecule has 0 bridgehead atoms. The molecule has 0 fully saturated rings. The maximum atomic E-state index is 12.7. The maximum Gasteiger partial charge on any atom is 0.416 e. The number of furan rings is 1. The first-order valence-corrected chi connectivity index (χ1v) is 9.34. The molecule has 0 N–H and O–H groups in total. The number of benzene rings is 1. The minimum absolute atomic E-state index is 0.352. The topological polar surface area (TPSA) is 87.5 Å². The molecule has 0 saturated heterocycles. The number of alkyl halides is 3. The molecular weight excluding hydrogens is 407 g/mol. The third kappa shape index (κ3) is 3.75. The number of hydrogen-bond donors (Lipinski definition) is 0. The van der Waals surface area contributed by atoms with Gasteiger partial charge in [-0.05, 0) is 47.7 Å². The number of aryl methyl sites for hydroxylation is 1. The fourth-order valence-electron chi connectivity index (χ4n) is 2.71. The maximum absolute atomic E-state index is 12.7. The molecule has 4 aromatic rings. The van der Waals surface area contributed by atoms with Crippen molar-refractivity contribution in [1.82, 2.24) is 35.0 Å². The standard InChI is InChI=1S/C17H14F3N7OS/c1-10-13(7-8-28-10)15-22-23-16(26(15)2)29-9-14-21-24-25-27(14)12-5-3-11(4-6-12)17(18,19)20/h3-8H,9H2,1-2H3. The number of rotatable bonds is 5. The highest BCUT2D eigenvalue weighted by Crippen LogP contribution is 2.30. The molecule has 0 amide bonds. The van der Waals surface area contributed by atoms with Gasteiger partial charge in [0.2, 0.25) is 0 Å². The highest BCUT2D eigenvalue weighted by Gasteiger charge is 2.30. The van der Waals surface area contributed by atoms with Crippen molar-refractivity contribution in [2.45, 2.75) is 24.0 Å². The zero-order valence-electron chi connectivity index (χ0n) is 15.3.